The topological polar surface area (TPSA) is 55.4 Å². The average molecular weight is 264 g/mol. The summed E-state index contributed by atoms with van der Waals surface area (Å²) in [5.74, 6) is -0.243. The first-order chi connectivity index (χ1) is 6.26. The number of amides is 1. The van der Waals surface area contributed by atoms with Gasteiger partial charge in [0, 0.05) is 11.9 Å². The van der Waals surface area contributed by atoms with Crippen LogP contribution < -0.4 is 5.32 Å². The van der Waals surface area contributed by atoms with E-state index in [1.807, 2.05) is 0 Å². The molecule has 14 heavy (non-hydrogen) atoms. The Labute approximate surface area is 91.8 Å². The molecule has 0 fully saturated rings. The summed E-state index contributed by atoms with van der Waals surface area (Å²) in [6, 6.07) is 0. The minimum Gasteiger partial charge on any atom is -0.444 e. The van der Waals surface area contributed by atoms with Crippen molar-refractivity contribution in [1.82, 2.24) is 5.32 Å². The zero-order valence-electron chi connectivity index (χ0n) is 8.68. The Bertz CT molecular complexity index is 266. The predicted molar refractivity (Wildman–Crippen MR) is 57.1 cm³/mol. The predicted octanol–water partition coefficient (Wildman–Crippen LogP) is 2.34. The van der Waals surface area contributed by atoms with Crippen LogP contribution in [0, 0.1) is 0 Å². The van der Waals surface area contributed by atoms with Crippen molar-refractivity contribution in [2.45, 2.75) is 33.3 Å². The number of hydrogen-bond donors (Lipinski definition) is 1. The maximum Gasteiger partial charge on any atom is 0.412 e. The van der Waals surface area contributed by atoms with E-state index in [1.54, 1.807) is 20.8 Å². The minimum atomic E-state index is -0.640. The van der Waals surface area contributed by atoms with Crippen LogP contribution in [0.15, 0.2) is 10.7 Å². The third-order valence-corrected chi connectivity index (χ3v) is 1.58. The number of nitrogens with one attached hydrogen (secondary N) is 1. The standard InChI is InChI=1S/C9H14BrNO3/c1-6(12)7(5-10)11-8(13)14-9(2,3)4/h5H,1-4H3,(H,11,13)/b7-5-. The fourth-order valence-electron chi connectivity index (χ4n) is 0.606. The molecule has 0 aromatic heterocycles. The Hall–Kier alpha value is -0.840. The van der Waals surface area contributed by atoms with Gasteiger partial charge in [0.25, 0.3) is 0 Å². The molecule has 0 aromatic carbocycles. The van der Waals surface area contributed by atoms with Crippen LogP contribution in [0.3, 0.4) is 0 Å². The summed E-state index contributed by atoms with van der Waals surface area (Å²) in [6.07, 6.45) is -0.640. The normalized spacial score (nSPS) is 12.2. The van der Waals surface area contributed by atoms with Gasteiger partial charge >= 0.3 is 6.09 Å². The Morgan fingerprint density at radius 3 is 2.14 bits per heavy atom. The van der Waals surface area contributed by atoms with E-state index < -0.39 is 11.7 Å². The number of carbonyl (C=O) groups excluding carboxylic acids is 2. The van der Waals surface area contributed by atoms with Crippen LogP contribution in [0.25, 0.3) is 0 Å². The number of ketones is 1. The summed E-state index contributed by atoms with van der Waals surface area (Å²) in [5, 5.41) is 2.33. The van der Waals surface area contributed by atoms with Gasteiger partial charge in [-0.3, -0.25) is 10.1 Å². The van der Waals surface area contributed by atoms with E-state index in [2.05, 4.69) is 21.2 Å². The van der Waals surface area contributed by atoms with Crippen molar-refractivity contribution in [2.24, 2.45) is 0 Å². The largest absolute Gasteiger partial charge is 0.444 e. The van der Waals surface area contributed by atoms with Gasteiger partial charge in [-0.2, -0.15) is 0 Å². The van der Waals surface area contributed by atoms with Crippen LogP contribution >= 0.6 is 15.9 Å². The molecule has 0 spiro atoms. The second-order valence-electron chi connectivity index (χ2n) is 3.71. The molecule has 0 radical (unpaired) electrons. The van der Waals surface area contributed by atoms with Gasteiger partial charge in [0.1, 0.15) is 5.60 Å². The zero-order chi connectivity index (χ0) is 11.4. The first kappa shape index (κ1) is 13.2. The molecule has 4 nitrogen and oxygen atoms in total. The highest BCUT2D eigenvalue weighted by atomic mass is 79.9. The van der Waals surface area contributed by atoms with E-state index >= 15 is 0 Å². The van der Waals surface area contributed by atoms with E-state index in [-0.39, 0.29) is 11.5 Å². The van der Waals surface area contributed by atoms with Gasteiger partial charge in [0.15, 0.2) is 5.78 Å². The SMILES string of the molecule is CC(=O)/C(=C/Br)NC(=O)OC(C)(C)C. The highest BCUT2D eigenvalue weighted by Crippen LogP contribution is 2.07. The maximum atomic E-state index is 11.2. The first-order valence-electron chi connectivity index (χ1n) is 4.07. The van der Waals surface area contributed by atoms with Crippen LogP contribution in [-0.4, -0.2) is 17.5 Å². The third kappa shape index (κ3) is 5.75. The Balaban J connectivity index is 4.26. The quantitative estimate of drug-likeness (QED) is 0.779. The lowest BCUT2D eigenvalue weighted by Crippen LogP contribution is -2.33. The van der Waals surface area contributed by atoms with Crippen LogP contribution in [-0.2, 0) is 9.53 Å². The number of halogens is 1. The molecule has 1 N–H and O–H groups in total. The van der Waals surface area contributed by atoms with Crippen molar-refractivity contribution in [3.63, 3.8) is 0 Å². The van der Waals surface area contributed by atoms with E-state index in [9.17, 15) is 9.59 Å². The molecular formula is C9H14BrNO3. The monoisotopic (exact) mass is 263 g/mol. The molecule has 0 saturated heterocycles. The number of Topliss-reactive ketones (excluding diaryl/α,β-unsaturated/α-hetero) is 1. The van der Waals surface area contributed by atoms with Crippen molar-refractivity contribution in [1.29, 1.82) is 0 Å². The van der Waals surface area contributed by atoms with Gasteiger partial charge < -0.3 is 4.74 Å². The molecule has 5 heteroatoms. The molecule has 1 amide bonds. The molecule has 0 bridgehead atoms. The Morgan fingerprint density at radius 2 is 1.86 bits per heavy atom. The second-order valence-corrected chi connectivity index (χ2v) is 4.16. The summed E-state index contributed by atoms with van der Waals surface area (Å²) in [6.45, 7) is 6.60. The molecule has 0 aromatic rings. The number of ether oxygens (including phenoxy) is 1. The minimum absolute atomic E-state index is 0.166. The van der Waals surface area contributed by atoms with Crippen molar-refractivity contribution in [3.8, 4) is 0 Å². The fraction of sp³-hybridized carbons (Fsp3) is 0.556. The van der Waals surface area contributed by atoms with Crippen molar-refractivity contribution >= 4 is 27.8 Å². The summed E-state index contributed by atoms with van der Waals surface area (Å²) < 4.78 is 4.96. The summed E-state index contributed by atoms with van der Waals surface area (Å²) >= 11 is 2.97. The number of alkyl carbamates (subject to hydrolysis) is 1. The van der Waals surface area contributed by atoms with Gasteiger partial charge in [-0.1, -0.05) is 15.9 Å². The van der Waals surface area contributed by atoms with Crippen molar-refractivity contribution in [2.75, 3.05) is 0 Å². The molecule has 0 heterocycles. The van der Waals surface area contributed by atoms with Gasteiger partial charge in [-0.25, -0.2) is 4.79 Å². The molecule has 0 unspecified atom stereocenters. The van der Waals surface area contributed by atoms with Gasteiger partial charge in [0.2, 0.25) is 0 Å². The third-order valence-electron chi connectivity index (χ3n) is 1.12. The van der Waals surface area contributed by atoms with Crippen LogP contribution in [0.1, 0.15) is 27.7 Å². The van der Waals surface area contributed by atoms with E-state index in [0.717, 1.165) is 0 Å². The van der Waals surface area contributed by atoms with Crippen LogP contribution in [0.4, 0.5) is 4.79 Å². The number of rotatable bonds is 2. The van der Waals surface area contributed by atoms with E-state index in [1.165, 1.54) is 11.9 Å². The van der Waals surface area contributed by atoms with Gasteiger partial charge in [-0.15, -0.1) is 0 Å². The molecule has 80 valence electrons. The fourth-order valence-corrected chi connectivity index (χ4v) is 1.04. The molecule has 0 aliphatic heterocycles. The summed E-state index contributed by atoms with van der Waals surface area (Å²) in [5.41, 5.74) is -0.405. The Morgan fingerprint density at radius 1 is 1.36 bits per heavy atom. The van der Waals surface area contributed by atoms with E-state index in [4.69, 9.17) is 4.74 Å². The summed E-state index contributed by atoms with van der Waals surface area (Å²) in [4.78, 5) is 23.4. The zero-order valence-corrected chi connectivity index (χ0v) is 10.3. The highest BCUT2D eigenvalue weighted by Gasteiger charge is 2.17. The number of carbonyl (C=O) groups is 2. The molecular weight excluding hydrogens is 250 g/mol. The van der Waals surface area contributed by atoms with Crippen LogP contribution in [0.2, 0.25) is 0 Å². The molecule has 0 aliphatic rings. The lowest BCUT2D eigenvalue weighted by Gasteiger charge is -2.19. The average Bonchev–Trinajstić information content (AvgIpc) is 1.96. The van der Waals surface area contributed by atoms with Crippen molar-refractivity contribution in [3.05, 3.63) is 10.7 Å². The van der Waals surface area contributed by atoms with Gasteiger partial charge in [-0.05, 0) is 20.8 Å². The molecule has 0 atom stereocenters. The first-order valence-corrected chi connectivity index (χ1v) is 4.99. The van der Waals surface area contributed by atoms with Crippen molar-refractivity contribution < 1.29 is 14.3 Å². The van der Waals surface area contributed by atoms with Gasteiger partial charge in [0.05, 0.1) is 5.70 Å². The second kappa shape index (κ2) is 5.14. The number of hydrogen-bond acceptors (Lipinski definition) is 3. The number of allylic oxidation sites excluding steroid dienone is 1. The summed E-state index contributed by atoms with van der Waals surface area (Å²) in [7, 11) is 0. The van der Waals surface area contributed by atoms with E-state index in [0.29, 0.717) is 0 Å². The molecule has 0 rings (SSSR count). The highest BCUT2D eigenvalue weighted by molar-refractivity contribution is 9.11. The lowest BCUT2D eigenvalue weighted by atomic mass is 10.2. The lowest BCUT2D eigenvalue weighted by molar-refractivity contribution is -0.114. The molecule has 0 saturated carbocycles. The molecule has 0 aliphatic carbocycles. The smallest absolute Gasteiger partial charge is 0.412 e. The van der Waals surface area contributed by atoms with Crippen LogP contribution in [0.5, 0.6) is 0 Å². The Kier molecular flexibility index (Phi) is 4.83. The maximum absolute atomic E-state index is 11.2.